The van der Waals surface area contributed by atoms with Crippen molar-refractivity contribution < 1.29 is 14.4 Å². The predicted molar refractivity (Wildman–Crippen MR) is 78.2 cm³/mol. The van der Waals surface area contributed by atoms with E-state index in [0.29, 0.717) is 18.1 Å². The van der Waals surface area contributed by atoms with Crippen LogP contribution in [0.25, 0.3) is 0 Å². The SMILES string of the molecule is Cc1nc(Cc2noc(CC(C)(C(=O)O)C(C)C)n2)cs1. The van der Waals surface area contributed by atoms with E-state index in [4.69, 9.17) is 4.52 Å². The summed E-state index contributed by atoms with van der Waals surface area (Å²) in [5.74, 6) is 0.00117. The molecule has 6 nitrogen and oxygen atoms in total. The third-order valence-corrected chi connectivity index (χ3v) is 4.62. The lowest BCUT2D eigenvalue weighted by atomic mass is 9.76. The summed E-state index contributed by atoms with van der Waals surface area (Å²) in [4.78, 5) is 20.1. The molecule has 0 aliphatic rings. The van der Waals surface area contributed by atoms with Gasteiger partial charge in [-0.3, -0.25) is 4.79 Å². The zero-order chi connectivity index (χ0) is 15.6. The molecule has 0 aliphatic heterocycles. The highest BCUT2D eigenvalue weighted by Gasteiger charge is 2.38. The fourth-order valence-electron chi connectivity index (χ4n) is 1.93. The van der Waals surface area contributed by atoms with Gasteiger partial charge in [-0.15, -0.1) is 11.3 Å². The van der Waals surface area contributed by atoms with Gasteiger partial charge in [0, 0.05) is 11.8 Å². The number of aryl methyl sites for hydroxylation is 1. The maximum absolute atomic E-state index is 11.5. The maximum Gasteiger partial charge on any atom is 0.310 e. The van der Waals surface area contributed by atoms with Crippen LogP contribution in [0.4, 0.5) is 0 Å². The van der Waals surface area contributed by atoms with Crippen molar-refractivity contribution >= 4 is 17.3 Å². The Hall–Kier alpha value is -1.76. The predicted octanol–water partition coefficient (Wildman–Crippen LogP) is 2.71. The van der Waals surface area contributed by atoms with Crippen LogP contribution in [0, 0.1) is 18.3 Å². The fraction of sp³-hybridized carbons (Fsp3) is 0.571. The number of aliphatic carboxylic acids is 1. The first-order valence-electron chi connectivity index (χ1n) is 6.77. The second kappa shape index (κ2) is 5.93. The van der Waals surface area contributed by atoms with Gasteiger partial charge in [-0.2, -0.15) is 4.98 Å². The van der Waals surface area contributed by atoms with Crippen LogP contribution >= 0.6 is 11.3 Å². The van der Waals surface area contributed by atoms with Gasteiger partial charge in [0.2, 0.25) is 5.89 Å². The molecule has 2 aromatic heterocycles. The smallest absolute Gasteiger partial charge is 0.310 e. The monoisotopic (exact) mass is 309 g/mol. The number of carbonyl (C=O) groups is 1. The lowest BCUT2D eigenvalue weighted by Gasteiger charge is -2.27. The molecule has 0 bridgehead atoms. The largest absolute Gasteiger partial charge is 0.481 e. The molecule has 0 amide bonds. The van der Waals surface area contributed by atoms with Gasteiger partial charge in [0.1, 0.15) is 0 Å². The zero-order valence-electron chi connectivity index (χ0n) is 12.6. The van der Waals surface area contributed by atoms with Crippen molar-refractivity contribution in [3.63, 3.8) is 0 Å². The van der Waals surface area contributed by atoms with Crippen LogP contribution in [-0.4, -0.2) is 26.2 Å². The number of carboxylic acids is 1. The molecule has 7 heteroatoms. The van der Waals surface area contributed by atoms with Gasteiger partial charge in [0.05, 0.1) is 22.5 Å². The molecule has 114 valence electrons. The Bertz CT molecular complexity index is 635. The van der Waals surface area contributed by atoms with Crippen molar-refractivity contribution in [3.05, 3.63) is 27.8 Å². The number of hydrogen-bond donors (Lipinski definition) is 1. The van der Waals surface area contributed by atoms with Crippen molar-refractivity contribution in [2.45, 2.75) is 40.5 Å². The fourth-order valence-corrected chi connectivity index (χ4v) is 2.54. The molecule has 1 unspecified atom stereocenters. The Morgan fingerprint density at radius 3 is 2.71 bits per heavy atom. The molecule has 0 saturated carbocycles. The van der Waals surface area contributed by atoms with E-state index in [-0.39, 0.29) is 12.3 Å². The second-order valence-corrected chi connectivity index (χ2v) is 6.76. The first-order chi connectivity index (χ1) is 9.81. The van der Waals surface area contributed by atoms with Gasteiger partial charge in [-0.25, -0.2) is 4.98 Å². The number of rotatable bonds is 6. The summed E-state index contributed by atoms with van der Waals surface area (Å²) in [6.07, 6.45) is 0.725. The van der Waals surface area contributed by atoms with E-state index in [9.17, 15) is 9.90 Å². The van der Waals surface area contributed by atoms with E-state index < -0.39 is 11.4 Å². The van der Waals surface area contributed by atoms with Crippen LogP contribution in [0.3, 0.4) is 0 Å². The molecular weight excluding hydrogens is 290 g/mol. The Labute approximate surface area is 127 Å². The standard InChI is InChI=1S/C14H19N3O3S/c1-8(2)14(4,13(18)19)6-12-16-11(17-20-12)5-10-7-21-9(3)15-10/h7-8H,5-6H2,1-4H3,(H,18,19). The van der Waals surface area contributed by atoms with E-state index in [2.05, 4.69) is 15.1 Å². The topological polar surface area (TPSA) is 89.1 Å². The summed E-state index contributed by atoms with van der Waals surface area (Å²) in [5.41, 5.74) is -0.0178. The van der Waals surface area contributed by atoms with Crippen LogP contribution in [0.5, 0.6) is 0 Å². The van der Waals surface area contributed by atoms with E-state index in [0.717, 1.165) is 10.7 Å². The van der Waals surface area contributed by atoms with Gasteiger partial charge in [-0.05, 0) is 19.8 Å². The third kappa shape index (κ3) is 3.47. The molecule has 1 atom stereocenters. The van der Waals surface area contributed by atoms with Crippen LogP contribution in [-0.2, 0) is 17.6 Å². The zero-order valence-corrected chi connectivity index (χ0v) is 13.4. The van der Waals surface area contributed by atoms with Gasteiger partial charge in [0.25, 0.3) is 0 Å². The highest BCUT2D eigenvalue weighted by atomic mass is 32.1. The Kier molecular flexibility index (Phi) is 4.41. The summed E-state index contributed by atoms with van der Waals surface area (Å²) >= 11 is 1.57. The molecule has 0 spiro atoms. The van der Waals surface area contributed by atoms with E-state index in [1.54, 1.807) is 18.3 Å². The second-order valence-electron chi connectivity index (χ2n) is 5.69. The lowest BCUT2D eigenvalue weighted by molar-refractivity contribution is -0.150. The van der Waals surface area contributed by atoms with Gasteiger partial charge in [-0.1, -0.05) is 19.0 Å². The maximum atomic E-state index is 11.5. The minimum atomic E-state index is -0.916. The number of thiazole rings is 1. The van der Waals surface area contributed by atoms with Crippen LogP contribution in [0.1, 0.15) is 43.2 Å². The van der Waals surface area contributed by atoms with Crippen molar-refractivity contribution in [1.82, 2.24) is 15.1 Å². The quantitative estimate of drug-likeness (QED) is 0.882. The van der Waals surface area contributed by atoms with Crippen molar-refractivity contribution in [2.24, 2.45) is 11.3 Å². The average molecular weight is 309 g/mol. The van der Waals surface area contributed by atoms with Crippen molar-refractivity contribution in [1.29, 1.82) is 0 Å². The first-order valence-corrected chi connectivity index (χ1v) is 7.65. The third-order valence-electron chi connectivity index (χ3n) is 3.80. The molecular formula is C14H19N3O3S. The van der Waals surface area contributed by atoms with Gasteiger partial charge < -0.3 is 9.63 Å². The molecule has 1 N–H and O–H groups in total. The van der Waals surface area contributed by atoms with E-state index in [1.807, 2.05) is 26.2 Å². The number of nitrogens with zero attached hydrogens (tertiary/aromatic N) is 3. The van der Waals surface area contributed by atoms with E-state index in [1.165, 1.54) is 0 Å². The first kappa shape index (κ1) is 15.6. The normalized spacial score (nSPS) is 14.3. The summed E-state index contributed by atoms with van der Waals surface area (Å²) in [7, 11) is 0. The van der Waals surface area contributed by atoms with Crippen LogP contribution < -0.4 is 0 Å². The lowest BCUT2D eigenvalue weighted by Crippen LogP contribution is -2.35. The molecule has 0 saturated heterocycles. The minimum absolute atomic E-state index is 0.0356. The Balaban J connectivity index is 2.11. The van der Waals surface area contributed by atoms with Gasteiger partial charge in [0.15, 0.2) is 5.82 Å². The summed E-state index contributed by atoms with van der Waals surface area (Å²) in [6, 6.07) is 0. The molecule has 2 aromatic rings. The highest BCUT2D eigenvalue weighted by molar-refractivity contribution is 7.09. The summed E-state index contributed by atoms with van der Waals surface area (Å²) in [6.45, 7) is 7.40. The molecule has 0 radical (unpaired) electrons. The van der Waals surface area contributed by atoms with Crippen LogP contribution in [0.15, 0.2) is 9.90 Å². The number of carboxylic acid groups (broad SMARTS) is 1. The molecule has 0 fully saturated rings. The van der Waals surface area contributed by atoms with Gasteiger partial charge >= 0.3 is 5.97 Å². The Morgan fingerprint density at radius 2 is 2.19 bits per heavy atom. The van der Waals surface area contributed by atoms with Crippen LogP contribution in [0.2, 0.25) is 0 Å². The summed E-state index contributed by atoms with van der Waals surface area (Å²) in [5, 5.41) is 16.3. The average Bonchev–Trinajstić information content (AvgIpc) is 2.99. The molecule has 0 aromatic carbocycles. The molecule has 21 heavy (non-hydrogen) atoms. The Morgan fingerprint density at radius 1 is 1.48 bits per heavy atom. The highest BCUT2D eigenvalue weighted by Crippen LogP contribution is 2.31. The number of aromatic nitrogens is 3. The molecule has 0 aliphatic carbocycles. The molecule has 2 heterocycles. The number of hydrogen-bond acceptors (Lipinski definition) is 6. The molecule has 2 rings (SSSR count). The van der Waals surface area contributed by atoms with Crippen molar-refractivity contribution in [2.75, 3.05) is 0 Å². The van der Waals surface area contributed by atoms with E-state index >= 15 is 0 Å². The minimum Gasteiger partial charge on any atom is -0.481 e. The summed E-state index contributed by atoms with van der Waals surface area (Å²) < 4.78 is 5.19. The van der Waals surface area contributed by atoms with Crippen molar-refractivity contribution in [3.8, 4) is 0 Å².